The van der Waals surface area contributed by atoms with Crippen LogP contribution in [0, 0.1) is 0 Å². The van der Waals surface area contributed by atoms with Crippen molar-refractivity contribution >= 4 is 0 Å². The average molecular weight is 297 g/mol. The van der Waals surface area contributed by atoms with Crippen LogP contribution in [-0.4, -0.2) is 32.1 Å². The highest BCUT2D eigenvalue weighted by Gasteiger charge is 2.15. The first-order valence-corrected chi connectivity index (χ1v) is 7.99. The van der Waals surface area contributed by atoms with Crippen LogP contribution in [0.5, 0.6) is 0 Å². The normalized spacial score (nSPS) is 12.8. The second-order valence-electron chi connectivity index (χ2n) is 6.29. The van der Waals surface area contributed by atoms with Gasteiger partial charge in [-0.2, -0.15) is 0 Å². The minimum Gasteiger partial charge on any atom is -0.367 e. The fourth-order valence-electron chi connectivity index (χ4n) is 2.42. The van der Waals surface area contributed by atoms with Crippen LogP contribution in [0.15, 0.2) is 54.6 Å². The average Bonchev–Trinajstić information content (AvgIpc) is 2.52. The third-order valence-electron chi connectivity index (χ3n) is 3.83. The highest BCUT2D eigenvalue weighted by atomic mass is 16.5. The Kier molecular flexibility index (Phi) is 6.17. The van der Waals surface area contributed by atoms with Crippen LogP contribution >= 0.6 is 0 Å². The molecule has 2 aromatic rings. The topological polar surface area (TPSA) is 12.5 Å². The van der Waals surface area contributed by atoms with Crippen molar-refractivity contribution in [1.82, 2.24) is 4.90 Å². The summed E-state index contributed by atoms with van der Waals surface area (Å²) in [6.45, 7) is 6.08. The Morgan fingerprint density at radius 3 is 1.91 bits per heavy atom. The van der Waals surface area contributed by atoms with Crippen LogP contribution < -0.4 is 0 Å². The molecule has 118 valence electrons. The van der Waals surface area contributed by atoms with Gasteiger partial charge in [-0.15, -0.1) is 0 Å². The van der Waals surface area contributed by atoms with Crippen molar-refractivity contribution in [2.24, 2.45) is 0 Å². The molecular formula is C20H27NO. The number of nitrogens with zero attached hydrogens (tertiary/aromatic N) is 1. The Morgan fingerprint density at radius 2 is 1.36 bits per heavy atom. The predicted octanol–water partition coefficient (Wildman–Crippen LogP) is 4.48. The molecule has 0 amide bonds. The third-order valence-corrected chi connectivity index (χ3v) is 3.83. The van der Waals surface area contributed by atoms with E-state index in [4.69, 9.17) is 4.74 Å². The van der Waals surface area contributed by atoms with E-state index in [1.165, 1.54) is 16.7 Å². The van der Waals surface area contributed by atoms with E-state index >= 15 is 0 Å². The fourth-order valence-corrected chi connectivity index (χ4v) is 2.42. The molecule has 0 aliphatic heterocycles. The number of likely N-dealkylation sites (N-methyl/N-ethyl adjacent to an activating group) is 1. The van der Waals surface area contributed by atoms with E-state index in [-0.39, 0.29) is 6.10 Å². The molecule has 0 N–H and O–H groups in total. The van der Waals surface area contributed by atoms with Crippen molar-refractivity contribution in [3.05, 3.63) is 71.3 Å². The summed E-state index contributed by atoms with van der Waals surface area (Å²) >= 11 is 0. The van der Waals surface area contributed by atoms with Crippen LogP contribution in [0.1, 0.15) is 42.6 Å². The summed E-state index contributed by atoms with van der Waals surface area (Å²) in [5.41, 5.74) is 3.79. The molecule has 0 fully saturated rings. The first-order valence-electron chi connectivity index (χ1n) is 7.99. The molecule has 1 atom stereocenters. The molecule has 0 bridgehead atoms. The van der Waals surface area contributed by atoms with Gasteiger partial charge in [0.15, 0.2) is 0 Å². The van der Waals surface area contributed by atoms with Crippen LogP contribution in [0.3, 0.4) is 0 Å². The Morgan fingerprint density at radius 1 is 0.818 bits per heavy atom. The van der Waals surface area contributed by atoms with Gasteiger partial charge >= 0.3 is 0 Å². The molecule has 2 rings (SSSR count). The van der Waals surface area contributed by atoms with Crippen LogP contribution in [0.25, 0.3) is 0 Å². The lowest BCUT2D eigenvalue weighted by atomic mass is 9.97. The third kappa shape index (κ3) is 4.69. The highest BCUT2D eigenvalue weighted by Crippen LogP contribution is 2.27. The lowest BCUT2D eigenvalue weighted by Crippen LogP contribution is -2.20. The molecule has 0 saturated carbocycles. The van der Waals surface area contributed by atoms with Gasteiger partial charge in [0.25, 0.3) is 0 Å². The zero-order valence-electron chi connectivity index (χ0n) is 14.1. The lowest BCUT2D eigenvalue weighted by Gasteiger charge is -2.21. The SMILES string of the molecule is CC(C)c1ccc(C(OCCN(C)C)c2ccccc2)cc1. The Balaban J connectivity index is 2.19. The predicted molar refractivity (Wildman–Crippen MR) is 93.3 cm³/mol. The molecule has 1 unspecified atom stereocenters. The number of rotatable bonds is 7. The Bertz CT molecular complexity index is 546. The maximum atomic E-state index is 6.18. The van der Waals surface area contributed by atoms with Gasteiger partial charge < -0.3 is 9.64 Å². The number of benzene rings is 2. The number of hydrogen-bond donors (Lipinski definition) is 0. The van der Waals surface area contributed by atoms with Crippen molar-refractivity contribution in [2.75, 3.05) is 27.2 Å². The summed E-state index contributed by atoms with van der Waals surface area (Å²) in [6, 6.07) is 19.3. The zero-order valence-corrected chi connectivity index (χ0v) is 14.1. The smallest absolute Gasteiger partial charge is 0.108 e. The standard InChI is InChI=1S/C20H27NO/c1-16(2)17-10-12-19(13-11-17)20(22-15-14-21(3)4)18-8-6-5-7-9-18/h5-13,16,20H,14-15H2,1-4H3. The van der Waals surface area contributed by atoms with Crippen molar-refractivity contribution in [1.29, 1.82) is 0 Å². The molecular weight excluding hydrogens is 270 g/mol. The van der Waals surface area contributed by atoms with Gasteiger partial charge in [-0.1, -0.05) is 68.4 Å². The van der Waals surface area contributed by atoms with Crippen molar-refractivity contribution in [3.8, 4) is 0 Å². The van der Waals surface area contributed by atoms with Gasteiger partial charge in [-0.3, -0.25) is 0 Å². The molecule has 0 radical (unpaired) electrons. The molecule has 0 saturated heterocycles. The second kappa shape index (κ2) is 8.11. The lowest BCUT2D eigenvalue weighted by molar-refractivity contribution is 0.0687. The fraction of sp³-hybridized carbons (Fsp3) is 0.400. The Hall–Kier alpha value is -1.64. The van der Waals surface area contributed by atoms with E-state index in [1.54, 1.807) is 0 Å². The minimum absolute atomic E-state index is 0.00219. The molecule has 2 nitrogen and oxygen atoms in total. The van der Waals surface area contributed by atoms with Crippen molar-refractivity contribution < 1.29 is 4.74 Å². The van der Waals surface area contributed by atoms with Gasteiger partial charge in [0.05, 0.1) is 6.61 Å². The molecule has 0 heterocycles. The van der Waals surface area contributed by atoms with E-state index in [9.17, 15) is 0 Å². The van der Waals surface area contributed by atoms with Crippen LogP contribution in [0.4, 0.5) is 0 Å². The first kappa shape index (κ1) is 16.7. The van der Waals surface area contributed by atoms with Crippen LogP contribution in [0.2, 0.25) is 0 Å². The number of hydrogen-bond acceptors (Lipinski definition) is 2. The van der Waals surface area contributed by atoms with E-state index in [0.717, 1.165) is 13.2 Å². The summed E-state index contributed by atoms with van der Waals surface area (Å²) in [5.74, 6) is 0.555. The quantitative estimate of drug-likeness (QED) is 0.747. The Labute approximate surface area is 134 Å². The minimum atomic E-state index is 0.00219. The van der Waals surface area contributed by atoms with Crippen molar-refractivity contribution in [2.45, 2.75) is 25.9 Å². The van der Waals surface area contributed by atoms with Crippen molar-refractivity contribution in [3.63, 3.8) is 0 Å². The van der Waals surface area contributed by atoms with E-state index in [0.29, 0.717) is 5.92 Å². The first-order chi connectivity index (χ1) is 10.6. The molecule has 0 aromatic heterocycles. The largest absolute Gasteiger partial charge is 0.367 e. The maximum Gasteiger partial charge on any atom is 0.108 e. The second-order valence-corrected chi connectivity index (χ2v) is 6.29. The zero-order chi connectivity index (χ0) is 15.9. The maximum absolute atomic E-state index is 6.18. The van der Waals surface area contributed by atoms with Gasteiger partial charge in [0, 0.05) is 6.54 Å². The van der Waals surface area contributed by atoms with Gasteiger partial charge in [-0.05, 0) is 36.7 Å². The van der Waals surface area contributed by atoms with Crippen LogP contribution in [-0.2, 0) is 4.74 Å². The molecule has 0 aliphatic rings. The summed E-state index contributed by atoms with van der Waals surface area (Å²) in [5, 5.41) is 0. The molecule has 2 heteroatoms. The summed E-state index contributed by atoms with van der Waals surface area (Å²) in [7, 11) is 4.14. The van der Waals surface area contributed by atoms with Gasteiger partial charge in [0.1, 0.15) is 6.10 Å². The number of ether oxygens (including phenoxy) is 1. The highest BCUT2D eigenvalue weighted by molar-refractivity contribution is 5.33. The van der Waals surface area contributed by atoms with E-state index < -0.39 is 0 Å². The van der Waals surface area contributed by atoms with Gasteiger partial charge in [-0.25, -0.2) is 0 Å². The molecule has 0 aliphatic carbocycles. The monoisotopic (exact) mass is 297 g/mol. The van der Waals surface area contributed by atoms with E-state index in [1.807, 2.05) is 6.07 Å². The molecule has 2 aromatic carbocycles. The summed E-state index contributed by atoms with van der Waals surface area (Å²) in [4.78, 5) is 2.14. The molecule has 0 spiro atoms. The molecule has 22 heavy (non-hydrogen) atoms. The summed E-state index contributed by atoms with van der Waals surface area (Å²) < 4.78 is 6.18. The summed E-state index contributed by atoms with van der Waals surface area (Å²) in [6.07, 6.45) is 0.00219. The van der Waals surface area contributed by atoms with Gasteiger partial charge in [0.2, 0.25) is 0 Å². The van der Waals surface area contributed by atoms with E-state index in [2.05, 4.69) is 81.4 Å².